The van der Waals surface area contributed by atoms with Gasteiger partial charge in [-0.1, -0.05) is 0 Å². The maximum Gasteiger partial charge on any atom is 0.309 e. The zero-order valence-corrected chi connectivity index (χ0v) is 21.1. The van der Waals surface area contributed by atoms with Crippen molar-refractivity contribution >= 4 is 16.9 Å². The van der Waals surface area contributed by atoms with Crippen LogP contribution >= 0.6 is 0 Å². The molecular formula is C28H31F3N2O5. The lowest BCUT2D eigenvalue weighted by Crippen LogP contribution is -2.45. The number of carboxylic acid groups (broad SMARTS) is 1. The van der Waals surface area contributed by atoms with Gasteiger partial charge in [-0.2, -0.15) is 0 Å². The quantitative estimate of drug-likeness (QED) is 0.357. The first-order valence-electron chi connectivity index (χ1n) is 12.5. The monoisotopic (exact) mass is 532 g/mol. The molecule has 0 aliphatic carbocycles. The van der Waals surface area contributed by atoms with Crippen molar-refractivity contribution in [1.82, 2.24) is 9.88 Å². The maximum absolute atomic E-state index is 15.7. The molecule has 0 spiro atoms. The smallest absolute Gasteiger partial charge is 0.309 e. The van der Waals surface area contributed by atoms with Gasteiger partial charge >= 0.3 is 5.97 Å². The van der Waals surface area contributed by atoms with Crippen LogP contribution in [0.25, 0.3) is 10.9 Å². The van der Waals surface area contributed by atoms with Gasteiger partial charge in [0.05, 0.1) is 24.6 Å². The lowest BCUT2D eigenvalue weighted by Gasteiger charge is -2.39. The minimum absolute atomic E-state index is 0.0239. The Morgan fingerprint density at radius 1 is 1.13 bits per heavy atom. The Morgan fingerprint density at radius 2 is 1.84 bits per heavy atom. The SMILES string of the molecule is COc1ccc2ncc(CO)c([C@H](F)CCC3(C(=O)O)CCN(CCOc4cc(F)cc(F)c4)CC3)c2c1. The van der Waals surface area contributed by atoms with Crippen molar-refractivity contribution in [3.63, 3.8) is 0 Å². The van der Waals surface area contributed by atoms with E-state index in [1.54, 1.807) is 18.2 Å². The van der Waals surface area contributed by atoms with Crippen molar-refractivity contribution in [3.8, 4) is 11.5 Å². The first-order chi connectivity index (χ1) is 18.2. The summed E-state index contributed by atoms with van der Waals surface area (Å²) in [6.45, 7) is 1.21. The van der Waals surface area contributed by atoms with Gasteiger partial charge in [-0.05, 0) is 57.0 Å². The summed E-state index contributed by atoms with van der Waals surface area (Å²) in [6, 6.07) is 8.09. The number of ether oxygens (including phenoxy) is 2. The second-order valence-corrected chi connectivity index (χ2v) is 9.63. The van der Waals surface area contributed by atoms with Gasteiger partial charge in [-0.15, -0.1) is 0 Å². The number of aliphatic carboxylic acids is 1. The first kappa shape index (κ1) is 27.7. The lowest BCUT2D eigenvalue weighted by molar-refractivity contribution is -0.153. The molecule has 38 heavy (non-hydrogen) atoms. The van der Waals surface area contributed by atoms with Gasteiger partial charge in [0.15, 0.2) is 0 Å². The third-order valence-electron chi connectivity index (χ3n) is 7.34. The number of hydrogen-bond acceptors (Lipinski definition) is 6. The highest BCUT2D eigenvalue weighted by Crippen LogP contribution is 2.41. The largest absolute Gasteiger partial charge is 0.497 e. The molecule has 2 aromatic carbocycles. The van der Waals surface area contributed by atoms with Crippen LogP contribution in [0.5, 0.6) is 11.5 Å². The Bertz CT molecular complexity index is 1260. The number of hydrogen-bond donors (Lipinski definition) is 2. The molecule has 1 atom stereocenters. The van der Waals surface area contributed by atoms with Crippen molar-refractivity contribution in [2.45, 2.75) is 38.5 Å². The van der Waals surface area contributed by atoms with Gasteiger partial charge in [-0.25, -0.2) is 13.2 Å². The number of rotatable bonds is 11. The van der Waals surface area contributed by atoms with Gasteiger partial charge in [0.2, 0.25) is 0 Å². The van der Waals surface area contributed by atoms with Gasteiger partial charge < -0.3 is 19.7 Å². The Hall–Kier alpha value is -3.37. The van der Waals surface area contributed by atoms with Crippen LogP contribution in [0.4, 0.5) is 13.2 Å². The van der Waals surface area contributed by atoms with Crippen LogP contribution in [0.3, 0.4) is 0 Å². The second kappa shape index (κ2) is 12.0. The van der Waals surface area contributed by atoms with E-state index >= 15 is 4.39 Å². The molecule has 1 fully saturated rings. The number of fused-ring (bicyclic) bond motifs is 1. The summed E-state index contributed by atoms with van der Waals surface area (Å²) in [7, 11) is 1.51. The van der Waals surface area contributed by atoms with E-state index in [-0.39, 0.29) is 31.8 Å². The fraction of sp³-hybridized carbons (Fsp3) is 0.429. The van der Waals surface area contributed by atoms with Crippen LogP contribution in [-0.2, 0) is 11.4 Å². The predicted octanol–water partition coefficient (Wildman–Crippen LogP) is 5.05. The van der Waals surface area contributed by atoms with Crippen LogP contribution in [-0.4, -0.2) is 59.4 Å². The van der Waals surface area contributed by atoms with E-state index in [1.165, 1.54) is 13.3 Å². The standard InChI is InChI=1S/C28H31F3N2O5/c1-37-21-2-3-25-23(15-21)26(18(17-34)16-32-25)24(31)4-5-28(27(35)36)6-8-33(9-7-28)10-11-38-22-13-19(29)12-20(30)14-22/h2-3,12-16,24,34H,4-11,17H2,1H3,(H,35,36)/t24-/m1/s1. The third-order valence-corrected chi connectivity index (χ3v) is 7.34. The average Bonchev–Trinajstić information content (AvgIpc) is 2.90. The minimum atomic E-state index is -1.50. The molecule has 0 bridgehead atoms. The van der Waals surface area contributed by atoms with E-state index in [2.05, 4.69) is 4.98 Å². The summed E-state index contributed by atoms with van der Waals surface area (Å²) < 4.78 is 53.1. The molecule has 3 aromatic rings. The van der Waals surface area contributed by atoms with Crippen molar-refractivity contribution in [1.29, 1.82) is 0 Å². The molecule has 1 saturated heterocycles. The van der Waals surface area contributed by atoms with Gasteiger partial charge in [0.1, 0.15) is 35.9 Å². The fourth-order valence-electron chi connectivity index (χ4n) is 5.08. The van der Waals surface area contributed by atoms with Crippen molar-refractivity contribution in [2.24, 2.45) is 5.41 Å². The molecule has 1 aliphatic heterocycles. The van der Waals surface area contributed by atoms with Crippen molar-refractivity contribution < 1.29 is 37.7 Å². The summed E-state index contributed by atoms with van der Waals surface area (Å²) in [5.74, 6) is -1.78. The molecule has 1 aliphatic rings. The highest BCUT2D eigenvalue weighted by molar-refractivity contribution is 5.85. The molecule has 0 saturated carbocycles. The number of halogens is 3. The molecular weight excluding hydrogens is 501 g/mol. The van der Waals surface area contributed by atoms with Crippen molar-refractivity contribution in [2.75, 3.05) is 33.4 Å². The zero-order chi connectivity index (χ0) is 27.3. The number of aromatic nitrogens is 1. The van der Waals surface area contributed by atoms with E-state index in [1.807, 2.05) is 4.90 Å². The normalized spacial score (nSPS) is 16.3. The summed E-state index contributed by atoms with van der Waals surface area (Å²) in [4.78, 5) is 18.6. The number of likely N-dealkylation sites (tertiary alicyclic amines) is 1. The number of nitrogens with zero attached hydrogens (tertiary/aromatic N) is 2. The van der Waals surface area contributed by atoms with Crippen LogP contribution in [0.2, 0.25) is 0 Å². The summed E-state index contributed by atoms with van der Waals surface area (Å²) in [6.07, 6.45) is 0.730. The highest BCUT2D eigenvalue weighted by atomic mass is 19.1. The number of pyridine rings is 1. The highest BCUT2D eigenvalue weighted by Gasteiger charge is 2.41. The topological polar surface area (TPSA) is 92.1 Å². The summed E-state index contributed by atoms with van der Waals surface area (Å²) in [5, 5.41) is 20.4. The van der Waals surface area contributed by atoms with E-state index in [0.717, 1.165) is 18.2 Å². The fourth-order valence-corrected chi connectivity index (χ4v) is 5.08. The number of aliphatic hydroxyl groups is 1. The van der Waals surface area contributed by atoms with E-state index in [4.69, 9.17) is 9.47 Å². The number of alkyl halides is 1. The van der Waals surface area contributed by atoms with Crippen LogP contribution in [0.15, 0.2) is 42.6 Å². The van der Waals surface area contributed by atoms with E-state index in [0.29, 0.717) is 60.3 Å². The van der Waals surface area contributed by atoms with Crippen LogP contribution < -0.4 is 9.47 Å². The Kier molecular flexibility index (Phi) is 8.73. The predicted molar refractivity (Wildman–Crippen MR) is 135 cm³/mol. The first-order valence-corrected chi connectivity index (χ1v) is 12.5. The second-order valence-electron chi connectivity index (χ2n) is 9.63. The van der Waals surface area contributed by atoms with Gasteiger partial charge in [0, 0.05) is 47.5 Å². The average molecular weight is 533 g/mol. The third kappa shape index (κ3) is 6.19. The Labute approximate surface area is 218 Å². The van der Waals surface area contributed by atoms with Crippen molar-refractivity contribution in [3.05, 3.63) is 65.4 Å². The lowest BCUT2D eigenvalue weighted by atomic mass is 9.74. The Morgan fingerprint density at radius 3 is 2.47 bits per heavy atom. The molecule has 2 N–H and O–H groups in total. The van der Waals surface area contributed by atoms with E-state index < -0.39 is 29.2 Å². The van der Waals surface area contributed by atoms with Crippen LogP contribution in [0, 0.1) is 17.0 Å². The summed E-state index contributed by atoms with van der Waals surface area (Å²) in [5.41, 5.74) is 0.147. The molecule has 204 valence electrons. The van der Waals surface area contributed by atoms with Gasteiger partial charge in [0.25, 0.3) is 0 Å². The molecule has 1 aromatic heterocycles. The Balaban J connectivity index is 1.39. The number of carbonyl (C=O) groups is 1. The number of aliphatic hydroxyl groups excluding tert-OH is 1. The molecule has 4 rings (SSSR count). The summed E-state index contributed by atoms with van der Waals surface area (Å²) >= 11 is 0. The maximum atomic E-state index is 15.7. The minimum Gasteiger partial charge on any atom is -0.497 e. The molecule has 0 unspecified atom stereocenters. The number of benzene rings is 2. The molecule has 10 heteroatoms. The number of carboxylic acids is 1. The number of methoxy groups -OCH3 is 1. The zero-order valence-electron chi connectivity index (χ0n) is 21.1. The molecule has 0 radical (unpaired) electrons. The molecule has 2 heterocycles. The van der Waals surface area contributed by atoms with E-state index in [9.17, 15) is 23.8 Å². The van der Waals surface area contributed by atoms with Gasteiger partial charge in [-0.3, -0.25) is 14.7 Å². The molecule has 0 amide bonds. The number of piperidine rings is 1. The van der Waals surface area contributed by atoms with Crippen LogP contribution in [0.1, 0.15) is 43.0 Å². The molecule has 7 nitrogen and oxygen atoms in total.